The predicted molar refractivity (Wildman–Crippen MR) is 143 cm³/mol. The van der Waals surface area contributed by atoms with Gasteiger partial charge in [0.15, 0.2) is 5.15 Å². The van der Waals surface area contributed by atoms with Crippen molar-refractivity contribution >= 4 is 40.5 Å². The number of carbonyl (C=O) groups is 2. The minimum absolute atomic E-state index is 0.0312. The van der Waals surface area contributed by atoms with Crippen LogP contribution < -0.4 is 9.64 Å². The van der Waals surface area contributed by atoms with Crippen LogP contribution >= 0.6 is 22.9 Å². The molecule has 0 aromatic carbocycles. The lowest BCUT2D eigenvalue weighted by Gasteiger charge is -2.34. The molecule has 36 heavy (non-hydrogen) atoms. The van der Waals surface area contributed by atoms with E-state index in [4.69, 9.17) is 16.3 Å². The number of halogens is 1. The van der Waals surface area contributed by atoms with Gasteiger partial charge in [0.25, 0.3) is 0 Å². The molecule has 1 aliphatic rings. The first kappa shape index (κ1) is 27.9. The summed E-state index contributed by atoms with van der Waals surface area (Å²) in [6.45, 7) is 10.4. The fourth-order valence-corrected chi connectivity index (χ4v) is 5.09. The summed E-state index contributed by atoms with van der Waals surface area (Å²) < 4.78 is 5.71. The van der Waals surface area contributed by atoms with Gasteiger partial charge in [-0.2, -0.15) is 0 Å². The Labute approximate surface area is 222 Å². The molecule has 0 saturated heterocycles. The summed E-state index contributed by atoms with van der Waals surface area (Å²) in [6.07, 6.45) is 4.09. The molecule has 1 atom stereocenters. The van der Waals surface area contributed by atoms with Crippen molar-refractivity contribution in [2.24, 2.45) is 17.3 Å². The molecule has 1 aliphatic carbocycles. The van der Waals surface area contributed by atoms with Crippen molar-refractivity contribution in [3.63, 3.8) is 0 Å². The number of rotatable bonds is 8. The molecular weight excluding hydrogens is 498 g/mol. The summed E-state index contributed by atoms with van der Waals surface area (Å²) in [5, 5.41) is 17.9. The fourth-order valence-electron chi connectivity index (χ4n) is 4.15. The Morgan fingerprint density at radius 2 is 1.94 bits per heavy atom. The number of carboxylic acid groups (broad SMARTS) is 1. The number of thiophene rings is 1. The van der Waals surface area contributed by atoms with Crippen LogP contribution in [0.2, 0.25) is 5.15 Å². The number of carbonyl (C=O) groups excluding carboxylic acids is 1. The van der Waals surface area contributed by atoms with Crippen LogP contribution in [0, 0.1) is 29.1 Å². The lowest BCUT2D eigenvalue weighted by Crippen LogP contribution is -2.44. The molecular formula is C27H34ClN3O4S. The highest BCUT2D eigenvalue weighted by Gasteiger charge is 2.34. The van der Waals surface area contributed by atoms with Crippen molar-refractivity contribution < 1.29 is 19.4 Å². The molecule has 2 aromatic rings. The third-order valence-electron chi connectivity index (χ3n) is 6.16. The zero-order valence-electron chi connectivity index (χ0n) is 21.5. The summed E-state index contributed by atoms with van der Waals surface area (Å²) in [7, 11) is 0. The van der Waals surface area contributed by atoms with E-state index < -0.39 is 5.97 Å². The van der Waals surface area contributed by atoms with Gasteiger partial charge in [-0.3, -0.25) is 4.79 Å². The van der Waals surface area contributed by atoms with E-state index >= 15 is 0 Å². The largest absolute Gasteiger partial charge is 0.477 e. The number of ether oxygens (including phenoxy) is 1. The van der Waals surface area contributed by atoms with Gasteiger partial charge in [0.2, 0.25) is 11.8 Å². The molecule has 1 saturated carbocycles. The van der Waals surface area contributed by atoms with E-state index in [1.54, 1.807) is 23.1 Å². The number of aromatic nitrogens is 2. The van der Waals surface area contributed by atoms with Crippen LogP contribution in [0.15, 0.2) is 18.2 Å². The second-order valence-electron chi connectivity index (χ2n) is 10.5. The topological polar surface area (TPSA) is 92.6 Å². The summed E-state index contributed by atoms with van der Waals surface area (Å²) in [4.78, 5) is 28.5. The van der Waals surface area contributed by atoms with Crippen LogP contribution in [-0.4, -0.2) is 39.8 Å². The zero-order valence-corrected chi connectivity index (χ0v) is 23.1. The molecule has 1 fully saturated rings. The van der Waals surface area contributed by atoms with Crippen LogP contribution in [0.1, 0.15) is 81.3 Å². The first-order valence-corrected chi connectivity index (χ1v) is 13.5. The third kappa shape index (κ3) is 7.68. The van der Waals surface area contributed by atoms with Gasteiger partial charge in [-0.1, -0.05) is 30.4 Å². The molecule has 2 heterocycles. The van der Waals surface area contributed by atoms with Crippen molar-refractivity contribution in [1.82, 2.24) is 10.2 Å². The van der Waals surface area contributed by atoms with E-state index in [9.17, 15) is 14.7 Å². The Morgan fingerprint density at radius 1 is 1.25 bits per heavy atom. The molecule has 9 heteroatoms. The molecule has 1 amide bonds. The zero-order chi connectivity index (χ0) is 26.5. The second kappa shape index (κ2) is 12.1. The summed E-state index contributed by atoms with van der Waals surface area (Å²) >= 11 is 6.89. The number of hydrogen-bond acceptors (Lipinski definition) is 6. The average Bonchev–Trinajstić information content (AvgIpc) is 3.23. The smallest absolute Gasteiger partial charge is 0.348 e. The van der Waals surface area contributed by atoms with E-state index in [2.05, 4.69) is 29.0 Å². The standard InChI is InChI=1S/C27H34ClN3O4S/c1-17-6-8-19(9-7-17)25(32)31(18(2)13-15-35-23-11-10-22(28)29-30-23)21-16-20(12-14-27(3,4)5)36-24(21)26(33)34/h10-11,16-19H,6-9,13,15H2,1-5H3,(H,33,34). The van der Waals surface area contributed by atoms with Crippen LogP contribution in [-0.2, 0) is 4.79 Å². The predicted octanol–water partition coefficient (Wildman–Crippen LogP) is 6.30. The number of amides is 1. The Kier molecular flexibility index (Phi) is 9.37. The van der Waals surface area contributed by atoms with Crippen molar-refractivity contribution in [3.05, 3.63) is 33.1 Å². The Balaban J connectivity index is 1.89. The van der Waals surface area contributed by atoms with Gasteiger partial charge >= 0.3 is 5.97 Å². The first-order valence-electron chi connectivity index (χ1n) is 12.3. The summed E-state index contributed by atoms with van der Waals surface area (Å²) in [5.74, 6) is 5.99. The maximum Gasteiger partial charge on any atom is 0.348 e. The van der Waals surface area contributed by atoms with Crippen LogP contribution in [0.5, 0.6) is 5.88 Å². The fraction of sp³-hybridized carbons (Fsp3) is 0.556. The summed E-state index contributed by atoms with van der Waals surface area (Å²) in [6, 6.07) is 4.68. The van der Waals surface area contributed by atoms with Gasteiger partial charge in [-0.15, -0.1) is 21.5 Å². The van der Waals surface area contributed by atoms with Gasteiger partial charge in [-0.25, -0.2) is 4.79 Å². The normalized spacial score (nSPS) is 18.6. The number of hydrogen-bond donors (Lipinski definition) is 1. The first-order chi connectivity index (χ1) is 16.9. The molecule has 0 aliphatic heterocycles. The lowest BCUT2D eigenvalue weighted by molar-refractivity contribution is -0.124. The molecule has 0 spiro atoms. The highest BCUT2D eigenvalue weighted by molar-refractivity contribution is 7.15. The molecule has 7 nitrogen and oxygen atoms in total. The molecule has 0 radical (unpaired) electrons. The van der Waals surface area contributed by atoms with E-state index in [-0.39, 0.29) is 39.9 Å². The number of aromatic carboxylic acids is 1. The van der Waals surface area contributed by atoms with Crippen LogP contribution in [0.25, 0.3) is 0 Å². The van der Waals surface area contributed by atoms with E-state index in [0.717, 1.165) is 37.0 Å². The van der Waals surface area contributed by atoms with E-state index in [1.807, 2.05) is 27.7 Å². The van der Waals surface area contributed by atoms with Crippen molar-refractivity contribution in [1.29, 1.82) is 0 Å². The molecule has 2 aromatic heterocycles. The van der Waals surface area contributed by atoms with Gasteiger partial charge in [0, 0.05) is 29.9 Å². The monoisotopic (exact) mass is 531 g/mol. The second-order valence-corrected chi connectivity index (χ2v) is 11.9. The minimum Gasteiger partial charge on any atom is -0.477 e. The Bertz CT molecular complexity index is 1120. The molecule has 0 bridgehead atoms. The molecule has 194 valence electrons. The minimum atomic E-state index is -1.06. The Hall–Kier alpha value is -2.63. The number of carboxylic acids is 1. The Morgan fingerprint density at radius 3 is 2.53 bits per heavy atom. The van der Waals surface area contributed by atoms with Gasteiger partial charge in [-0.05, 0) is 71.4 Å². The molecule has 3 rings (SSSR count). The maximum absolute atomic E-state index is 13.8. The van der Waals surface area contributed by atoms with Gasteiger partial charge in [0.1, 0.15) is 4.88 Å². The highest BCUT2D eigenvalue weighted by atomic mass is 35.5. The maximum atomic E-state index is 13.8. The third-order valence-corrected chi connectivity index (χ3v) is 7.39. The molecule has 1 N–H and O–H groups in total. The molecule has 1 unspecified atom stereocenters. The van der Waals surface area contributed by atoms with Crippen LogP contribution in [0.3, 0.4) is 0 Å². The van der Waals surface area contributed by atoms with Gasteiger partial charge < -0.3 is 14.7 Å². The van der Waals surface area contributed by atoms with Gasteiger partial charge in [0.05, 0.1) is 17.2 Å². The number of nitrogens with zero attached hydrogens (tertiary/aromatic N) is 3. The van der Waals surface area contributed by atoms with Crippen molar-refractivity contribution in [2.45, 2.75) is 72.8 Å². The van der Waals surface area contributed by atoms with Crippen molar-refractivity contribution in [2.75, 3.05) is 11.5 Å². The van der Waals surface area contributed by atoms with Crippen LogP contribution in [0.4, 0.5) is 5.69 Å². The quantitative estimate of drug-likeness (QED) is 0.401. The SMILES string of the molecule is CC1CCC(C(=O)N(c2cc(C#CC(C)(C)C)sc2C(=O)O)C(C)CCOc2ccc(Cl)nn2)CC1. The highest BCUT2D eigenvalue weighted by Crippen LogP contribution is 2.36. The lowest BCUT2D eigenvalue weighted by atomic mass is 9.82. The van der Waals surface area contributed by atoms with Crippen molar-refractivity contribution in [3.8, 4) is 17.7 Å². The van der Waals surface area contributed by atoms with E-state index in [1.165, 1.54) is 0 Å². The van der Waals surface area contributed by atoms with E-state index in [0.29, 0.717) is 28.8 Å². The summed E-state index contributed by atoms with van der Waals surface area (Å²) in [5.41, 5.74) is 0.185. The number of anilines is 1. The average molecular weight is 532 g/mol.